The van der Waals surface area contributed by atoms with Gasteiger partial charge in [-0.15, -0.1) is 0 Å². The number of nitrogens with one attached hydrogen (secondary N) is 1. The highest BCUT2D eigenvalue weighted by molar-refractivity contribution is 5.84. The minimum absolute atomic E-state index is 0.175. The Balaban J connectivity index is 1.43. The van der Waals surface area contributed by atoms with Crippen LogP contribution in [0.25, 0.3) is 0 Å². The third kappa shape index (κ3) is 7.07. The van der Waals surface area contributed by atoms with Crippen molar-refractivity contribution in [3.05, 3.63) is 131 Å². The number of amides is 1. The van der Waals surface area contributed by atoms with Gasteiger partial charge in [-0.05, 0) is 40.5 Å². The van der Waals surface area contributed by atoms with Crippen LogP contribution in [0.15, 0.2) is 114 Å². The van der Waals surface area contributed by atoms with E-state index in [1.807, 2.05) is 109 Å². The van der Waals surface area contributed by atoms with E-state index in [0.717, 1.165) is 22.3 Å². The Bertz CT molecular complexity index is 1210. The van der Waals surface area contributed by atoms with Crippen molar-refractivity contribution in [1.29, 1.82) is 0 Å². The molecule has 0 aliphatic heterocycles. The number of hydrazone groups is 1. The minimum atomic E-state index is -0.175. The summed E-state index contributed by atoms with van der Waals surface area (Å²) in [4.78, 5) is 12.1. The summed E-state index contributed by atoms with van der Waals surface area (Å²) < 4.78 is 12.1. The monoisotopic (exact) mass is 450 g/mol. The quantitative estimate of drug-likeness (QED) is 0.255. The molecule has 0 atom stereocenters. The Morgan fingerprint density at radius 3 is 1.79 bits per heavy atom. The standard InChI is InChI=1S/C29H26N2O3/c32-29(19-23-10-4-1-5-11-23)31-30-20-26-16-17-27(33-21-24-12-6-2-7-13-24)28(18-26)34-22-25-14-8-3-9-15-25/h1-18,20H,19,21-22H2,(H,31,32). The number of ether oxygens (including phenoxy) is 2. The van der Waals surface area contributed by atoms with E-state index >= 15 is 0 Å². The molecule has 5 nitrogen and oxygen atoms in total. The number of carbonyl (C=O) groups excluding carboxylic acids is 1. The van der Waals surface area contributed by atoms with Crippen LogP contribution < -0.4 is 14.9 Å². The first kappa shape index (κ1) is 22.8. The lowest BCUT2D eigenvalue weighted by Crippen LogP contribution is -2.19. The van der Waals surface area contributed by atoms with Crippen molar-refractivity contribution in [1.82, 2.24) is 5.43 Å². The van der Waals surface area contributed by atoms with Crippen molar-refractivity contribution in [3.8, 4) is 11.5 Å². The molecule has 1 amide bonds. The summed E-state index contributed by atoms with van der Waals surface area (Å²) in [7, 11) is 0. The maximum absolute atomic E-state index is 12.1. The van der Waals surface area contributed by atoms with E-state index in [-0.39, 0.29) is 12.3 Å². The molecule has 4 rings (SSSR count). The maximum atomic E-state index is 12.1. The molecule has 4 aromatic carbocycles. The molecule has 0 spiro atoms. The van der Waals surface area contributed by atoms with Crippen LogP contribution in [-0.4, -0.2) is 12.1 Å². The molecule has 0 saturated carbocycles. The average molecular weight is 451 g/mol. The number of carbonyl (C=O) groups is 1. The fourth-order valence-corrected chi connectivity index (χ4v) is 3.31. The van der Waals surface area contributed by atoms with E-state index in [1.165, 1.54) is 0 Å². The van der Waals surface area contributed by atoms with Gasteiger partial charge in [0.2, 0.25) is 5.91 Å². The molecule has 0 heterocycles. The normalized spacial score (nSPS) is 10.7. The van der Waals surface area contributed by atoms with E-state index in [1.54, 1.807) is 6.21 Å². The molecule has 0 fully saturated rings. The van der Waals surface area contributed by atoms with Gasteiger partial charge in [-0.1, -0.05) is 91.0 Å². The van der Waals surface area contributed by atoms with Crippen molar-refractivity contribution >= 4 is 12.1 Å². The van der Waals surface area contributed by atoms with E-state index in [0.29, 0.717) is 24.7 Å². The summed E-state index contributed by atoms with van der Waals surface area (Å²) in [6.45, 7) is 0.850. The largest absolute Gasteiger partial charge is 0.485 e. The zero-order chi connectivity index (χ0) is 23.4. The molecule has 0 unspecified atom stereocenters. The highest BCUT2D eigenvalue weighted by Crippen LogP contribution is 2.29. The summed E-state index contributed by atoms with van der Waals surface area (Å²) in [6, 6.07) is 35.1. The zero-order valence-corrected chi connectivity index (χ0v) is 18.8. The third-order valence-corrected chi connectivity index (χ3v) is 5.05. The summed E-state index contributed by atoms with van der Waals surface area (Å²) in [5.41, 5.74) is 6.43. The van der Waals surface area contributed by atoms with Crippen LogP contribution in [0.4, 0.5) is 0 Å². The molecule has 0 aromatic heterocycles. The topological polar surface area (TPSA) is 59.9 Å². The van der Waals surface area contributed by atoms with Gasteiger partial charge in [0.15, 0.2) is 11.5 Å². The van der Waals surface area contributed by atoms with Gasteiger partial charge in [0.05, 0.1) is 12.6 Å². The van der Waals surface area contributed by atoms with Crippen molar-refractivity contribution in [2.45, 2.75) is 19.6 Å². The molecule has 0 aliphatic carbocycles. The van der Waals surface area contributed by atoms with Gasteiger partial charge < -0.3 is 9.47 Å². The Kier molecular flexibility index (Phi) is 8.06. The van der Waals surface area contributed by atoms with Crippen LogP contribution in [0.2, 0.25) is 0 Å². The second-order valence-corrected chi connectivity index (χ2v) is 7.71. The zero-order valence-electron chi connectivity index (χ0n) is 18.8. The van der Waals surface area contributed by atoms with Gasteiger partial charge in [-0.25, -0.2) is 5.43 Å². The number of hydrogen-bond donors (Lipinski definition) is 1. The smallest absolute Gasteiger partial charge is 0.244 e. The van der Waals surface area contributed by atoms with Crippen molar-refractivity contribution in [3.63, 3.8) is 0 Å². The Hall–Kier alpha value is -4.38. The first-order valence-electron chi connectivity index (χ1n) is 11.1. The van der Waals surface area contributed by atoms with Crippen LogP contribution in [-0.2, 0) is 24.4 Å². The molecular formula is C29H26N2O3. The minimum Gasteiger partial charge on any atom is -0.485 e. The summed E-state index contributed by atoms with van der Waals surface area (Å²) in [5.74, 6) is 1.08. The van der Waals surface area contributed by atoms with Crippen molar-refractivity contribution in [2.75, 3.05) is 0 Å². The number of rotatable bonds is 10. The summed E-state index contributed by atoms with van der Waals surface area (Å²) >= 11 is 0. The van der Waals surface area contributed by atoms with Crippen molar-refractivity contribution < 1.29 is 14.3 Å². The lowest BCUT2D eigenvalue weighted by Gasteiger charge is -2.14. The van der Waals surface area contributed by atoms with Crippen LogP contribution in [0.5, 0.6) is 11.5 Å². The predicted molar refractivity (Wildman–Crippen MR) is 134 cm³/mol. The Labute approximate surface area is 199 Å². The third-order valence-electron chi connectivity index (χ3n) is 5.05. The number of benzene rings is 4. The second-order valence-electron chi connectivity index (χ2n) is 7.71. The van der Waals surface area contributed by atoms with Gasteiger partial charge in [0, 0.05) is 0 Å². The molecule has 170 valence electrons. The molecule has 0 bridgehead atoms. The number of nitrogens with zero attached hydrogens (tertiary/aromatic N) is 1. The molecule has 34 heavy (non-hydrogen) atoms. The van der Waals surface area contributed by atoms with E-state index in [2.05, 4.69) is 10.5 Å². The van der Waals surface area contributed by atoms with Crippen LogP contribution in [0.1, 0.15) is 22.3 Å². The van der Waals surface area contributed by atoms with Gasteiger partial charge >= 0.3 is 0 Å². The van der Waals surface area contributed by atoms with Gasteiger partial charge in [0.25, 0.3) is 0 Å². The van der Waals surface area contributed by atoms with E-state index < -0.39 is 0 Å². The first-order chi connectivity index (χ1) is 16.8. The summed E-state index contributed by atoms with van der Waals surface area (Å²) in [6.07, 6.45) is 1.87. The molecule has 0 saturated heterocycles. The van der Waals surface area contributed by atoms with Crippen molar-refractivity contribution in [2.24, 2.45) is 5.10 Å². The Morgan fingerprint density at radius 1 is 0.676 bits per heavy atom. The molecule has 0 aliphatic rings. The van der Waals surface area contributed by atoms with Gasteiger partial charge in [-0.3, -0.25) is 4.79 Å². The van der Waals surface area contributed by atoms with Gasteiger partial charge in [-0.2, -0.15) is 5.10 Å². The lowest BCUT2D eigenvalue weighted by atomic mass is 10.1. The maximum Gasteiger partial charge on any atom is 0.244 e. The molecule has 5 heteroatoms. The lowest BCUT2D eigenvalue weighted by molar-refractivity contribution is -0.120. The number of hydrogen-bond acceptors (Lipinski definition) is 4. The highest BCUT2D eigenvalue weighted by atomic mass is 16.5. The molecule has 4 aromatic rings. The fraction of sp³-hybridized carbons (Fsp3) is 0.103. The van der Waals surface area contributed by atoms with E-state index in [9.17, 15) is 4.79 Å². The predicted octanol–water partition coefficient (Wildman–Crippen LogP) is 5.54. The van der Waals surface area contributed by atoms with Crippen LogP contribution in [0.3, 0.4) is 0 Å². The molecular weight excluding hydrogens is 424 g/mol. The Morgan fingerprint density at radius 2 is 1.21 bits per heavy atom. The molecule has 1 N–H and O–H groups in total. The van der Waals surface area contributed by atoms with Gasteiger partial charge in [0.1, 0.15) is 13.2 Å². The second kappa shape index (κ2) is 12.0. The average Bonchev–Trinajstić information content (AvgIpc) is 2.88. The first-order valence-corrected chi connectivity index (χ1v) is 11.1. The fourth-order valence-electron chi connectivity index (χ4n) is 3.31. The van der Waals surface area contributed by atoms with Crippen LogP contribution >= 0.6 is 0 Å². The van der Waals surface area contributed by atoms with Crippen LogP contribution in [0, 0.1) is 0 Å². The molecule has 0 radical (unpaired) electrons. The highest BCUT2D eigenvalue weighted by Gasteiger charge is 2.08. The summed E-state index contributed by atoms with van der Waals surface area (Å²) in [5, 5.41) is 4.10. The van der Waals surface area contributed by atoms with E-state index in [4.69, 9.17) is 9.47 Å². The SMILES string of the molecule is O=C(Cc1ccccc1)NN=Cc1ccc(OCc2ccccc2)c(OCc2ccccc2)c1.